The van der Waals surface area contributed by atoms with Gasteiger partial charge in [0.1, 0.15) is 17.4 Å². The molecule has 21 heavy (non-hydrogen) atoms. The summed E-state index contributed by atoms with van der Waals surface area (Å²) < 4.78 is 31.5. The Morgan fingerprint density at radius 3 is 2.19 bits per heavy atom. The molecule has 0 heterocycles. The van der Waals surface area contributed by atoms with E-state index in [1.807, 2.05) is 24.3 Å². The van der Waals surface area contributed by atoms with Crippen LogP contribution in [0, 0.1) is 11.6 Å². The first-order valence-corrected chi connectivity index (χ1v) is 6.94. The minimum absolute atomic E-state index is 0.127. The minimum Gasteiger partial charge on any atom is -0.497 e. The van der Waals surface area contributed by atoms with E-state index in [1.54, 1.807) is 7.11 Å². The van der Waals surface area contributed by atoms with Gasteiger partial charge in [0.2, 0.25) is 0 Å². The Morgan fingerprint density at radius 2 is 1.67 bits per heavy atom. The summed E-state index contributed by atoms with van der Waals surface area (Å²) in [7, 11) is 1.63. The van der Waals surface area contributed by atoms with Crippen LogP contribution in [-0.4, -0.2) is 7.11 Å². The van der Waals surface area contributed by atoms with Gasteiger partial charge in [0.05, 0.1) is 7.11 Å². The van der Waals surface area contributed by atoms with Crippen LogP contribution < -0.4 is 10.1 Å². The van der Waals surface area contributed by atoms with Crippen LogP contribution in [0.3, 0.4) is 0 Å². The van der Waals surface area contributed by atoms with Gasteiger partial charge in [0.25, 0.3) is 0 Å². The number of hydrogen-bond donors (Lipinski definition) is 1. The van der Waals surface area contributed by atoms with Gasteiger partial charge in [0.15, 0.2) is 0 Å². The second-order valence-corrected chi connectivity index (χ2v) is 4.89. The summed E-state index contributed by atoms with van der Waals surface area (Å²) in [5.41, 5.74) is 1.72. The smallest absolute Gasteiger partial charge is 0.126 e. The highest BCUT2D eigenvalue weighted by atomic mass is 19.1. The molecule has 1 N–H and O–H groups in total. The molecule has 0 aliphatic carbocycles. The van der Waals surface area contributed by atoms with Gasteiger partial charge in [-0.25, -0.2) is 8.78 Å². The molecule has 4 heteroatoms. The average Bonchev–Trinajstić information content (AvgIpc) is 2.47. The van der Waals surface area contributed by atoms with Crippen molar-refractivity contribution in [2.24, 2.45) is 0 Å². The van der Waals surface area contributed by atoms with Crippen molar-refractivity contribution < 1.29 is 13.5 Å². The third kappa shape index (κ3) is 4.26. The third-order valence-electron chi connectivity index (χ3n) is 3.40. The molecule has 0 aromatic heterocycles. The molecule has 0 fully saturated rings. The van der Waals surface area contributed by atoms with Crippen LogP contribution in [0.25, 0.3) is 0 Å². The molecule has 0 bridgehead atoms. The van der Waals surface area contributed by atoms with Crippen molar-refractivity contribution in [3.05, 3.63) is 65.2 Å². The van der Waals surface area contributed by atoms with Gasteiger partial charge in [-0.2, -0.15) is 0 Å². The van der Waals surface area contributed by atoms with E-state index in [9.17, 15) is 8.78 Å². The van der Waals surface area contributed by atoms with E-state index < -0.39 is 11.6 Å². The molecule has 1 atom stereocenters. The third-order valence-corrected chi connectivity index (χ3v) is 3.40. The summed E-state index contributed by atoms with van der Waals surface area (Å²) in [5.74, 6) is -0.297. The monoisotopic (exact) mass is 291 g/mol. The Bertz CT molecular complexity index is 564. The number of methoxy groups -OCH3 is 1. The van der Waals surface area contributed by atoms with Crippen molar-refractivity contribution in [3.63, 3.8) is 0 Å². The fraction of sp³-hybridized carbons (Fsp3) is 0.294. The second kappa shape index (κ2) is 7.18. The highest BCUT2D eigenvalue weighted by Crippen LogP contribution is 2.20. The van der Waals surface area contributed by atoms with Gasteiger partial charge in [-0.05, 0) is 41.8 Å². The quantitative estimate of drug-likeness (QED) is 0.860. The second-order valence-electron chi connectivity index (χ2n) is 4.89. The Balaban J connectivity index is 2.04. The molecular formula is C17H19F2NO. The lowest BCUT2D eigenvalue weighted by atomic mass is 10.0. The number of ether oxygens (including phenoxy) is 1. The zero-order chi connectivity index (χ0) is 15.2. The molecule has 2 rings (SSSR count). The predicted molar refractivity (Wildman–Crippen MR) is 79.2 cm³/mol. The number of nitrogens with one attached hydrogen (secondary N) is 1. The number of hydrogen-bond acceptors (Lipinski definition) is 2. The first-order chi connectivity index (χ1) is 10.1. The first-order valence-electron chi connectivity index (χ1n) is 6.94. The van der Waals surface area contributed by atoms with Crippen LogP contribution in [0.5, 0.6) is 5.75 Å². The molecule has 0 amide bonds. The van der Waals surface area contributed by atoms with Crippen molar-refractivity contribution in [2.75, 3.05) is 7.11 Å². The van der Waals surface area contributed by atoms with Gasteiger partial charge in [-0.15, -0.1) is 0 Å². The molecule has 1 unspecified atom stereocenters. The van der Waals surface area contributed by atoms with Crippen LogP contribution in [-0.2, 0) is 6.54 Å². The topological polar surface area (TPSA) is 21.3 Å². The molecule has 0 saturated carbocycles. The Morgan fingerprint density at radius 1 is 1.05 bits per heavy atom. The lowest BCUT2D eigenvalue weighted by molar-refractivity contribution is 0.414. The molecule has 0 aliphatic heterocycles. The fourth-order valence-corrected chi connectivity index (χ4v) is 2.29. The van der Waals surface area contributed by atoms with E-state index in [0.717, 1.165) is 23.8 Å². The molecule has 2 nitrogen and oxygen atoms in total. The molecule has 112 valence electrons. The zero-order valence-electron chi connectivity index (χ0n) is 12.2. The Kier molecular flexibility index (Phi) is 5.28. The standard InChI is InChI=1S/C17H19F2NO/c1-3-17(13-4-6-16(21-2)7-5-13)20-11-12-8-14(18)10-15(19)9-12/h4-10,17,20H,3,11H2,1-2H3. The van der Waals surface area contributed by atoms with E-state index in [0.29, 0.717) is 12.1 Å². The number of rotatable bonds is 6. The van der Waals surface area contributed by atoms with Crippen LogP contribution in [0.4, 0.5) is 8.78 Å². The summed E-state index contributed by atoms with van der Waals surface area (Å²) >= 11 is 0. The minimum atomic E-state index is -0.552. The molecule has 0 radical (unpaired) electrons. The van der Waals surface area contributed by atoms with Gasteiger partial charge < -0.3 is 10.1 Å². The molecular weight excluding hydrogens is 272 g/mol. The Hall–Kier alpha value is -1.94. The maximum absolute atomic E-state index is 13.2. The summed E-state index contributed by atoms with van der Waals surface area (Å²) in [4.78, 5) is 0. The van der Waals surface area contributed by atoms with Gasteiger partial charge >= 0.3 is 0 Å². The highest BCUT2D eigenvalue weighted by molar-refractivity contribution is 5.29. The molecule has 0 aliphatic rings. The summed E-state index contributed by atoms with van der Waals surface area (Å²) in [5, 5.41) is 3.32. The molecule has 0 spiro atoms. The summed E-state index contributed by atoms with van der Waals surface area (Å²) in [6, 6.07) is 11.5. The van der Waals surface area contributed by atoms with Crippen LogP contribution in [0.1, 0.15) is 30.5 Å². The van der Waals surface area contributed by atoms with Crippen LogP contribution >= 0.6 is 0 Å². The van der Waals surface area contributed by atoms with E-state index in [4.69, 9.17) is 4.74 Å². The molecule has 2 aromatic carbocycles. The van der Waals surface area contributed by atoms with E-state index >= 15 is 0 Å². The number of benzene rings is 2. The summed E-state index contributed by atoms with van der Waals surface area (Å²) in [6.45, 7) is 2.48. The zero-order valence-corrected chi connectivity index (χ0v) is 12.2. The SMILES string of the molecule is CCC(NCc1cc(F)cc(F)c1)c1ccc(OC)cc1. The largest absolute Gasteiger partial charge is 0.497 e. The van der Waals surface area contributed by atoms with Gasteiger partial charge in [-0.1, -0.05) is 19.1 Å². The van der Waals surface area contributed by atoms with E-state index in [1.165, 1.54) is 12.1 Å². The van der Waals surface area contributed by atoms with Crippen LogP contribution in [0.15, 0.2) is 42.5 Å². The first kappa shape index (κ1) is 15.4. The fourth-order valence-electron chi connectivity index (χ4n) is 2.29. The van der Waals surface area contributed by atoms with Crippen molar-refractivity contribution in [1.29, 1.82) is 0 Å². The number of halogens is 2. The normalized spacial score (nSPS) is 12.2. The summed E-state index contributed by atoms with van der Waals surface area (Å²) in [6.07, 6.45) is 0.879. The van der Waals surface area contributed by atoms with Crippen molar-refractivity contribution in [2.45, 2.75) is 25.9 Å². The maximum atomic E-state index is 13.2. The lowest BCUT2D eigenvalue weighted by Crippen LogP contribution is -2.20. The van der Waals surface area contributed by atoms with Gasteiger partial charge in [-0.3, -0.25) is 0 Å². The predicted octanol–water partition coefficient (Wildman–Crippen LogP) is 4.21. The van der Waals surface area contributed by atoms with Crippen molar-refractivity contribution >= 4 is 0 Å². The van der Waals surface area contributed by atoms with E-state index in [-0.39, 0.29) is 6.04 Å². The maximum Gasteiger partial charge on any atom is 0.126 e. The van der Waals surface area contributed by atoms with Crippen molar-refractivity contribution in [3.8, 4) is 5.75 Å². The van der Waals surface area contributed by atoms with Crippen LogP contribution in [0.2, 0.25) is 0 Å². The average molecular weight is 291 g/mol. The van der Waals surface area contributed by atoms with Crippen molar-refractivity contribution in [1.82, 2.24) is 5.32 Å². The Labute approximate surface area is 123 Å². The molecule has 2 aromatic rings. The highest BCUT2D eigenvalue weighted by Gasteiger charge is 2.09. The lowest BCUT2D eigenvalue weighted by Gasteiger charge is -2.18. The van der Waals surface area contributed by atoms with E-state index in [2.05, 4.69) is 12.2 Å². The van der Waals surface area contributed by atoms with Gasteiger partial charge in [0, 0.05) is 18.7 Å². The molecule has 0 saturated heterocycles.